The lowest BCUT2D eigenvalue weighted by molar-refractivity contribution is -0.115. The van der Waals surface area contributed by atoms with Gasteiger partial charge in [-0.2, -0.15) is 5.10 Å². The molecule has 3 aromatic carbocycles. The molecule has 5 rings (SSSR count). The highest BCUT2D eigenvalue weighted by Gasteiger charge is 2.20. The zero-order chi connectivity index (χ0) is 19.1. The Kier molecular flexibility index (Phi) is 3.99. The van der Waals surface area contributed by atoms with Crippen molar-refractivity contribution in [2.24, 2.45) is 0 Å². The molecule has 1 aliphatic rings. The summed E-state index contributed by atoms with van der Waals surface area (Å²) in [5.74, 6) is 0.0112. The molecule has 28 heavy (non-hydrogen) atoms. The highest BCUT2D eigenvalue weighted by atomic mass is 35.5. The van der Waals surface area contributed by atoms with Crippen LogP contribution in [-0.2, 0) is 11.2 Å². The van der Waals surface area contributed by atoms with E-state index in [4.69, 9.17) is 11.6 Å². The lowest BCUT2D eigenvalue weighted by atomic mass is 9.98. The van der Waals surface area contributed by atoms with Gasteiger partial charge in [-0.1, -0.05) is 48.0 Å². The molecule has 1 N–H and O–H groups in total. The molecule has 0 spiro atoms. The quantitative estimate of drug-likeness (QED) is 0.516. The summed E-state index contributed by atoms with van der Waals surface area (Å²) in [6.07, 6.45) is 4.09. The predicted octanol–water partition coefficient (Wildman–Crippen LogP) is 5.35. The second-order valence-corrected chi connectivity index (χ2v) is 7.20. The van der Waals surface area contributed by atoms with Gasteiger partial charge in [0, 0.05) is 23.6 Å². The van der Waals surface area contributed by atoms with E-state index in [2.05, 4.69) is 58.9 Å². The van der Waals surface area contributed by atoms with Crippen molar-refractivity contribution in [2.45, 2.75) is 6.42 Å². The summed E-state index contributed by atoms with van der Waals surface area (Å²) < 4.78 is 1.84. The molecule has 0 unspecified atom stereocenters. The van der Waals surface area contributed by atoms with Gasteiger partial charge < -0.3 is 5.32 Å². The van der Waals surface area contributed by atoms with Crippen LogP contribution in [0.15, 0.2) is 79.1 Å². The fourth-order valence-corrected chi connectivity index (χ4v) is 3.81. The maximum atomic E-state index is 11.6. The van der Waals surface area contributed by atoms with Crippen LogP contribution in [0.1, 0.15) is 5.56 Å². The van der Waals surface area contributed by atoms with E-state index in [1.165, 1.54) is 0 Å². The first-order chi connectivity index (χ1) is 13.7. The SMILES string of the molecule is O=C1Cc2cc(-c3ccc(-c4ccc(-n5cccn5)cc4)cc3)c(Cl)cc2N1. The normalized spacial score (nSPS) is 12.7. The summed E-state index contributed by atoms with van der Waals surface area (Å²) in [7, 11) is 0. The molecule has 0 fully saturated rings. The minimum Gasteiger partial charge on any atom is -0.325 e. The molecule has 0 radical (unpaired) electrons. The van der Waals surface area contributed by atoms with Crippen LogP contribution in [0, 0.1) is 0 Å². The van der Waals surface area contributed by atoms with Gasteiger partial charge in [0.2, 0.25) is 5.91 Å². The monoisotopic (exact) mass is 385 g/mol. The molecule has 4 nitrogen and oxygen atoms in total. The summed E-state index contributed by atoms with van der Waals surface area (Å²) in [6, 6.07) is 22.3. The van der Waals surface area contributed by atoms with Gasteiger partial charge in [-0.15, -0.1) is 0 Å². The summed E-state index contributed by atoms with van der Waals surface area (Å²) in [6.45, 7) is 0. The summed E-state index contributed by atoms with van der Waals surface area (Å²) in [5, 5.41) is 7.72. The summed E-state index contributed by atoms with van der Waals surface area (Å²) >= 11 is 6.45. The molecule has 0 aliphatic carbocycles. The number of rotatable bonds is 3. The number of hydrogen-bond donors (Lipinski definition) is 1. The van der Waals surface area contributed by atoms with Crippen LogP contribution < -0.4 is 5.32 Å². The van der Waals surface area contributed by atoms with E-state index in [0.29, 0.717) is 11.4 Å². The average molecular weight is 386 g/mol. The third-order valence-electron chi connectivity index (χ3n) is 4.98. The molecule has 1 aromatic heterocycles. The number of fused-ring (bicyclic) bond motifs is 1. The second kappa shape index (κ2) is 6.66. The Hall–Kier alpha value is -3.37. The van der Waals surface area contributed by atoms with Gasteiger partial charge >= 0.3 is 0 Å². The third kappa shape index (κ3) is 2.98. The van der Waals surface area contributed by atoms with Crippen molar-refractivity contribution >= 4 is 23.2 Å². The topological polar surface area (TPSA) is 46.9 Å². The maximum Gasteiger partial charge on any atom is 0.228 e. The Morgan fingerprint density at radius 1 is 0.929 bits per heavy atom. The average Bonchev–Trinajstić information content (AvgIpc) is 3.37. The Morgan fingerprint density at radius 3 is 2.29 bits per heavy atom. The number of hydrogen-bond acceptors (Lipinski definition) is 2. The first-order valence-electron chi connectivity index (χ1n) is 9.00. The Balaban J connectivity index is 1.44. The van der Waals surface area contributed by atoms with E-state index >= 15 is 0 Å². The van der Waals surface area contributed by atoms with Crippen LogP contribution in [0.2, 0.25) is 5.02 Å². The Morgan fingerprint density at radius 2 is 1.61 bits per heavy atom. The van der Waals surface area contributed by atoms with Crippen LogP contribution in [0.4, 0.5) is 5.69 Å². The van der Waals surface area contributed by atoms with Gasteiger partial charge in [0.05, 0.1) is 17.1 Å². The lowest BCUT2D eigenvalue weighted by Gasteiger charge is -2.10. The molecule has 0 atom stereocenters. The second-order valence-electron chi connectivity index (χ2n) is 6.79. The van der Waals surface area contributed by atoms with Gasteiger partial charge in [-0.3, -0.25) is 4.79 Å². The van der Waals surface area contributed by atoms with Crippen molar-refractivity contribution in [1.82, 2.24) is 9.78 Å². The van der Waals surface area contributed by atoms with Crippen molar-refractivity contribution in [1.29, 1.82) is 0 Å². The highest BCUT2D eigenvalue weighted by molar-refractivity contribution is 6.34. The first-order valence-corrected chi connectivity index (χ1v) is 9.38. The van der Waals surface area contributed by atoms with Gasteiger partial charge in [-0.25, -0.2) is 4.68 Å². The van der Waals surface area contributed by atoms with E-state index in [-0.39, 0.29) is 5.91 Å². The molecular formula is C23H16ClN3O. The number of halogens is 1. The molecule has 136 valence electrons. The van der Waals surface area contributed by atoms with E-state index in [1.807, 2.05) is 29.1 Å². The standard InChI is InChI=1S/C23H16ClN3O/c24-21-14-22-18(13-23(28)26-22)12-20(21)17-4-2-15(3-5-17)16-6-8-19(9-7-16)27-11-1-10-25-27/h1-12,14H,13H2,(H,26,28). The van der Waals surface area contributed by atoms with Gasteiger partial charge in [0.15, 0.2) is 0 Å². The van der Waals surface area contributed by atoms with Crippen molar-refractivity contribution in [3.05, 3.63) is 89.7 Å². The zero-order valence-corrected chi connectivity index (χ0v) is 15.6. The molecule has 1 amide bonds. The predicted molar refractivity (Wildman–Crippen MR) is 112 cm³/mol. The zero-order valence-electron chi connectivity index (χ0n) is 14.9. The summed E-state index contributed by atoms with van der Waals surface area (Å²) in [4.78, 5) is 11.6. The van der Waals surface area contributed by atoms with Crippen molar-refractivity contribution < 1.29 is 4.79 Å². The van der Waals surface area contributed by atoms with E-state index in [0.717, 1.165) is 39.2 Å². The smallest absolute Gasteiger partial charge is 0.228 e. The molecule has 1 aliphatic heterocycles. The number of aromatic nitrogens is 2. The maximum absolute atomic E-state index is 11.6. The van der Waals surface area contributed by atoms with E-state index in [9.17, 15) is 4.79 Å². The van der Waals surface area contributed by atoms with Crippen molar-refractivity contribution in [3.8, 4) is 27.9 Å². The van der Waals surface area contributed by atoms with Crippen LogP contribution in [0.3, 0.4) is 0 Å². The van der Waals surface area contributed by atoms with Gasteiger partial charge in [-0.05, 0) is 52.6 Å². The molecule has 0 bridgehead atoms. The van der Waals surface area contributed by atoms with Gasteiger partial charge in [0.25, 0.3) is 0 Å². The van der Waals surface area contributed by atoms with Crippen LogP contribution in [-0.4, -0.2) is 15.7 Å². The fraction of sp³-hybridized carbons (Fsp3) is 0.0435. The largest absolute Gasteiger partial charge is 0.325 e. The van der Waals surface area contributed by atoms with Crippen molar-refractivity contribution in [2.75, 3.05) is 5.32 Å². The number of carbonyl (C=O) groups is 1. The van der Waals surface area contributed by atoms with Crippen LogP contribution in [0.25, 0.3) is 27.9 Å². The summed E-state index contributed by atoms with van der Waals surface area (Å²) in [5.41, 5.74) is 7.07. The minimum atomic E-state index is 0.0112. The van der Waals surface area contributed by atoms with E-state index < -0.39 is 0 Å². The number of benzene rings is 3. The van der Waals surface area contributed by atoms with Crippen LogP contribution >= 0.6 is 11.6 Å². The van der Waals surface area contributed by atoms with Gasteiger partial charge in [0.1, 0.15) is 0 Å². The molecule has 0 saturated heterocycles. The molecule has 4 aromatic rings. The number of anilines is 1. The van der Waals surface area contributed by atoms with E-state index in [1.54, 1.807) is 6.20 Å². The Labute approximate surface area is 167 Å². The molecule has 2 heterocycles. The Bertz CT molecular complexity index is 1160. The molecular weight excluding hydrogens is 370 g/mol. The third-order valence-corrected chi connectivity index (χ3v) is 5.30. The minimum absolute atomic E-state index is 0.0112. The number of carbonyl (C=O) groups excluding carboxylic acids is 1. The lowest BCUT2D eigenvalue weighted by Crippen LogP contribution is -2.03. The first kappa shape index (κ1) is 16.8. The fourth-order valence-electron chi connectivity index (χ4n) is 3.54. The highest BCUT2D eigenvalue weighted by Crippen LogP contribution is 2.36. The van der Waals surface area contributed by atoms with Crippen LogP contribution in [0.5, 0.6) is 0 Å². The van der Waals surface area contributed by atoms with Crippen molar-refractivity contribution in [3.63, 3.8) is 0 Å². The number of nitrogens with zero attached hydrogens (tertiary/aromatic N) is 2. The number of amides is 1. The molecule has 5 heteroatoms. The number of nitrogens with one attached hydrogen (secondary N) is 1. The molecule has 0 saturated carbocycles.